The van der Waals surface area contributed by atoms with Crippen LogP contribution in [0, 0.1) is 6.92 Å². The summed E-state index contributed by atoms with van der Waals surface area (Å²) in [6, 6.07) is 21.1. The lowest BCUT2D eigenvalue weighted by Gasteiger charge is -2.35. The summed E-state index contributed by atoms with van der Waals surface area (Å²) in [7, 11) is -4.01. The first-order valence-corrected chi connectivity index (χ1v) is 16.0. The molecule has 3 aromatic carbocycles. The minimum absolute atomic E-state index is 0.0947. The summed E-state index contributed by atoms with van der Waals surface area (Å²) >= 11 is 12.3. The lowest BCUT2D eigenvalue weighted by atomic mass is 9.92. The van der Waals surface area contributed by atoms with Gasteiger partial charge >= 0.3 is 5.97 Å². The quantitative estimate of drug-likeness (QED) is 0.172. The van der Waals surface area contributed by atoms with Gasteiger partial charge in [0.25, 0.3) is 16.0 Å². The molecule has 0 saturated carbocycles. The molecule has 8 nitrogen and oxygen atoms in total. The number of hydrogen-bond acceptors (Lipinski definition) is 8. The van der Waals surface area contributed by atoms with E-state index in [1.54, 1.807) is 30.3 Å². The van der Waals surface area contributed by atoms with Gasteiger partial charge in [-0.05, 0) is 54.0 Å². The Balaban J connectivity index is 1.37. The Bertz CT molecular complexity index is 1640. The Morgan fingerprint density at radius 1 is 1.05 bits per heavy atom. The Morgan fingerprint density at radius 2 is 1.62 bits per heavy atom. The monoisotopic (exact) mass is 643 g/mol. The fourth-order valence-corrected chi connectivity index (χ4v) is 7.21. The predicted octanol–water partition coefficient (Wildman–Crippen LogP) is 6.30. The van der Waals surface area contributed by atoms with Crippen LogP contribution < -0.4 is 0 Å². The average molecular weight is 644 g/mol. The number of carbonyl (C=O) groups excluding carboxylic acids is 1. The molecule has 0 bridgehead atoms. The first kappa shape index (κ1) is 30.4. The standard InChI is InChI=1S/C30H26ClNO7S3/c1-18-2-12-24(13-3-18)42(36,37)39-23-15-25(38-26(16-23)21-8-10-22(31)11-9-21)20-6-4-19(5-7-20)14-27-29(35)32(17-28(33)34)30(40)41-27/h2-14,23,25-26H,15-17H2,1H3,(H,33,34)/b27-14-/t23-,25-,26+/m0/s1. The van der Waals surface area contributed by atoms with Crippen molar-refractivity contribution in [2.24, 2.45) is 0 Å². The van der Waals surface area contributed by atoms with Gasteiger partial charge in [-0.1, -0.05) is 89.7 Å². The van der Waals surface area contributed by atoms with Crippen LogP contribution in [0.4, 0.5) is 0 Å². The van der Waals surface area contributed by atoms with Crippen LogP contribution in [-0.2, 0) is 28.6 Å². The second-order valence-corrected chi connectivity index (χ2v) is 13.6. The molecule has 218 valence electrons. The normalized spacial score (nSPS) is 22.1. The average Bonchev–Trinajstić information content (AvgIpc) is 3.20. The lowest BCUT2D eigenvalue weighted by Crippen LogP contribution is -2.33. The number of thioether (sulfide) groups is 1. The summed E-state index contributed by atoms with van der Waals surface area (Å²) in [6.07, 6.45) is 0.743. The molecule has 0 unspecified atom stereocenters. The van der Waals surface area contributed by atoms with Gasteiger partial charge in [-0.15, -0.1) is 0 Å². The molecule has 42 heavy (non-hydrogen) atoms. The third-order valence-corrected chi connectivity index (χ3v) is 9.87. The number of nitrogens with zero attached hydrogens (tertiary/aromatic N) is 1. The van der Waals surface area contributed by atoms with Crippen molar-refractivity contribution in [3.05, 3.63) is 105 Å². The van der Waals surface area contributed by atoms with Crippen LogP contribution in [0.25, 0.3) is 6.08 Å². The Morgan fingerprint density at radius 3 is 2.19 bits per heavy atom. The summed E-state index contributed by atoms with van der Waals surface area (Å²) in [5.74, 6) is -1.59. The van der Waals surface area contributed by atoms with E-state index in [2.05, 4.69) is 0 Å². The number of rotatable bonds is 8. The van der Waals surface area contributed by atoms with Crippen molar-refractivity contribution in [3.8, 4) is 0 Å². The number of benzene rings is 3. The van der Waals surface area contributed by atoms with E-state index in [0.29, 0.717) is 22.8 Å². The summed E-state index contributed by atoms with van der Waals surface area (Å²) in [4.78, 5) is 25.2. The van der Waals surface area contributed by atoms with Gasteiger partial charge in [0.15, 0.2) is 0 Å². The zero-order valence-electron chi connectivity index (χ0n) is 22.3. The molecule has 3 atom stereocenters. The van der Waals surface area contributed by atoms with Crippen LogP contribution in [0.1, 0.15) is 47.3 Å². The number of aryl methyl sites for hydroxylation is 1. The van der Waals surface area contributed by atoms with E-state index in [0.717, 1.165) is 38.9 Å². The molecule has 2 aliphatic heterocycles. The second kappa shape index (κ2) is 12.7. The maximum Gasteiger partial charge on any atom is 0.323 e. The van der Waals surface area contributed by atoms with Crippen LogP contribution in [0.2, 0.25) is 5.02 Å². The van der Waals surface area contributed by atoms with Gasteiger partial charge in [0.1, 0.15) is 10.9 Å². The smallest absolute Gasteiger partial charge is 0.323 e. The number of halogens is 1. The van der Waals surface area contributed by atoms with Crippen LogP contribution in [0.3, 0.4) is 0 Å². The first-order chi connectivity index (χ1) is 20.0. The molecular formula is C30H26ClNO7S3. The van der Waals surface area contributed by atoms with Gasteiger partial charge in [0, 0.05) is 17.9 Å². The number of hydrogen-bond donors (Lipinski definition) is 1. The van der Waals surface area contributed by atoms with Crippen LogP contribution in [0.15, 0.2) is 82.6 Å². The fraction of sp³-hybridized carbons (Fsp3) is 0.233. The van der Waals surface area contributed by atoms with E-state index >= 15 is 0 Å². The summed E-state index contributed by atoms with van der Waals surface area (Å²) in [5, 5.41) is 9.63. The van der Waals surface area contributed by atoms with Gasteiger partial charge in [0.2, 0.25) is 0 Å². The molecule has 1 N–H and O–H groups in total. The van der Waals surface area contributed by atoms with Gasteiger partial charge in [-0.3, -0.25) is 18.7 Å². The minimum Gasteiger partial charge on any atom is -0.480 e. The highest BCUT2D eigenvalue weighted by Gasteiger charge is 2.36. The number of carboxylic acids is 1. The number of carboxylic acid groups (broad SMARTS) is 1. The topological polar surface area (TPSA) is 110 Å². The SMILES string of the molecule is Cc1ccc(S(=O)(=O)O[C@H]2C[C@@H](c3ccc(/C=C4\SC(=S)N(CC(=O)O)C4=O)cc3)O[C@@H](c3ccc(Cl)cc3)C2)cc1. The van der Waals surface area contributed by atoms with E-state index in [9.17, 15) is 18.0 Å². The molecule has 2 aliphatic rings. The second-order valence-electron chi connectivity index (χ2n) is 9.95. The molecule has 1 amide bonds. The molecule has 0 aromatic heterocycles. The third kappa shape index (κ3) is 7.11. The Labute approximate surface area is 258 Å². The van der Waals surface area contributed by atoms with Crippen molar-refractivity contribution in [1.82, 2.24) is 4.90 Å². The van der Waals surface area contributed by atoms with Crippen molar-refractivity contribution in [2.45, 2.75) is 43.0 Å². The number of thiocarbonyl (C=S) groups is 1. The Kier molecular flexibility index (Phi) is 9.17. The van der Waals surface area contributed by atoms with E-state index in [4.69, 9.17) is 37.8 Å². The number of aliphatic carboxylic acids is 1. The van der Waals surface area contributed by atoms with Crippen LogP contribution in [-0.4, -0.2) is 47.3 Å². The third-order valence-electron chi connectivity index (χ3n) is 6.87. The van der Waals surface area contributed by atoms with E-state index in [1.165, 1.54) is 12.1 Å². The van der Waals surface area contributed by atoms with E-state index in [1.807, 2.05) is 43.3 Å². The molecular weight excluding hydrogens is 618 g/mol. The van der Waals surface area contributed by atoms with Crippen LogP contribution in [0.5, 0.6) is 0 Å². The molecule has 0 radical (unpaired) electrons. The number of amides is 1. The van der Waals surface area contributed by atoms with Gasteiger partial charge < -0.3 is 9.84 Å². The van der Waals surface area contributed by atoms with Crippen molar-refractivity contribution in [1.29, 1.82) is 0 Å². The largest absolute Gasteiger partial charge is 0.480 e. The first-order valence-electron chi connectivity index (χ1n) is 13.0. The molecule has 2 saturated heterocycles. The summed E-state index contributed by atoms with van der Waals surface area (Å²) < 4.78 is 38.7. The van der Waals surface area contributed by atoms with E-state index < -0.39 is 46.9 Å². The number of carbonyl (C=O) groups is 2. The maximum atomic E-state index is 13.1. The molecule has 3 aromatic rings. The lowest BCUT2D eigenvalue weighted by molar-refractivity contribution is -0.140. The van der Waals surface area contributed by atoms with Crippen molar-refractivity contribution < 1.29 is 32.0 Å². The molecule has 2 heterocycles. The highest BCUT2D eigenvalue weighted by atomic mass is 35.5. The molecule has 5 rings (SSSR count). The van der Waals surface area contributed by atoms with Crippen molar-refractivity contribution in [3.63, 3.8) is 0 Å². The molecule has 12 heteroatoms. The molecule has 0 aliphatic carbocycles. The zero-order valence-corrected chi connectivity index (χ0v) is 25.5. The predicted molar refractivity (Wildman–Crippen MR) is 164 cm³/mol. The highest BCUT2D eigenvalue weighted by Crippen LogP contribution is 2.41. The summed E-state index contributed by atoms with van der Waals surface area (Å²) in [5.41, 5.74) is 3.32. The van der Waals surface area contributed by atoms with Crippen molar-refractivity contribution in [2.75, 3.05) is 6.54 Å². The fourth-order valence-electron chi connectivity index (χ4n) is 4.74. The molecule has 0 spiro atoms. The summed E-state index contributed by atoms with van der Waals surface area (Å²) in [6.45, 7) is 1.39. The van der Waals surface area contributed by atoms with Crippen LogP contribution >= 0.6 is 35.6 Å². The van der Waals surface area contributed by atoms with E-state index in [-0.39, 0.29) is 9.22 Å². The minimum atomic E-state index is -4.01. The molecule has 2 fully saturated rings. The Hall–Kier alpha value is -3.06. The van der Waals surface area contributed by atoms with Gasteiger partial charge in [0.05, 0.1) is 28.1 Å². The zero-order chi connectivity index (χ0) is 30.0. The van der Waals surface area contributed by atoms with Gasteiger partial charge in [-0.2, -0.15) is 8.42 Å². The maximum absolute atomic E-state index is 13.1. The highest BCUT2D eigenvalue weighted by molar-refractivity contribution is 8.26. The van der Waals surface area contributed by atoms with Gasteiger partial charge in [-0.25, -0.2) is 0 Å². The van der Waals surface area contributed by atoms with Crippen molar-refractivity contribution >= 4 is 68.0 Å². The number of ether oxygens (including phenoxy) is 1.